The van der Waals surface area contributed by atoms with Crippen LogP contribution in [-0.2, 0) is 39.3 Å². The van der Waals surface area contributed by atoms with Crippen molar-refractivity contribution in [2.75, 3.05) is 0 Å². The molecule has 2 rings (SSSR count). The predicted molar refractivity (Wildman–Crippen MR) is 239 cm³/mol. The smallest absolute Gasteiger partial charge is 0.548 e. The molecule has 0 fully saturated rings. The molecular weight excluding hydrogens is 847 g/mol. The molecule has 0 saturated heterocycles. The van der Waals surface area contributed by atoms with E-state index in [2.05, 4.69) is 13.8 Å². The minimum absolute atomic E-state index is 0. The van der Waals surface area contributed by atoms with Gasteiger partial charge in [0.25, 0.3) is 20.2 Å². The number of benzene rings is 2. The van der Waals surface area contributed by atoms with E-state index in [1.807, 2.05) is 0 Å². The summed E-state index contributed by atoms with van der Waals surface area (Å²) in [7, 11) is -9.72. The third-order valence-electron chi connectivity index (χ3n) is 11.8. The summed E-state index contributed by atoms with van der Waals surface area (Å²) in [5.41, 5.74) is 0.0874. The van der Waals surface area contributed by atoms with E-state index in [0.717, 1.165) is 51.4 Å². The van der Waals surface area contributed by atoms with E-state index in [1.54, 1.807) is 36.4 Å². The molecule has 0 aliphatic carbocycles. The fourth-order valence-electron chi connectivity index (χ4n) is 8.05. The number of hydrogen-bond acceptors (Lipinski definition) is 8. The van der Waals surface area contributed by atoms with E-state index < -0.39 is 41.7 Å². The Balaban J connectivity index is 0. The number of carbonyl (C=O) groups excluding carboxylic acids is 2. The SMILES string of the molecule is CCCCCCCCCCCCCCCCC(C(=O)[O-])(c1ccccc1)S(=O)(=O)O.CCCCCCCCCCCCCCCCC(C(=O)[O-])(c1ccccc1)S(=O)(=O)O.[Na+].[Na+]. The molecule has 0 aromatic heterocycles. The van der Waals surface area contributed by atoms with Crippen molar-refractivity contribution in [3.63, 3.8) is 0 Å². The first-order valence-electron chi connectivity index (χ1n) is 23.2. The number of carboxylic acid groups (broad SMARTS) is 2. The second-order valence-corrected chi connectivity index (χ2v) is 19.9. The Morgan fingerprint density at radius 1 is 0.403 bits per heavy atom. The van der Waals surface area contributed by atoms with E-state index >= 15 is 0 Å². The second-order valence-electron chi connectivity index (χ2n) is 16.6. The molecule has 62 heavy (non-hydrogen) atoms. The van der Waals surface area contributed by atoms with Crippen molar-refractivity contribution in [3.8, 4) is 0 Å². The molecule has 2 N–H and O–H groups in total. The summed E-state index contributed by atoms with van der Waals surface area (Å²) >= 11 is 0. The summed E-state index contributed by atoms with van der Waals surface area (Å²) in [4.78, 5) is 23.6. The summed E-state index contributed by atoms with van der Waals surface area (Å²) in [6, 6.07) is 15.2. The van der Waals surface area contributed by atoms with Gasteiger partial charge < -0.3 is 19.8 Å². The quantitative estimate of drug-likeness (QED) is 0.0547. The van der Waals surface area contributed by atoms with Crippen LogP contribution < -0.4 is 69.3 Å². The number of aliphatic carboxylic acids is 2. The van der Waals surface area contributed by atoms with Crippen LogP contribution in [0.4, 0.5) is 0 Å². The molecule has 0 spiro atoms. The van der Waals surface area contributed by atoms with E-state index in [1.165, 1.54) is 140 Å². The van der Waals surface area contributed by atoms with Crippen LogP contribution in [0.5, 0.6) is 0 Å². The molecule has 10 nitrogen and oxygen atoms in total. The Morgan fingerprint density at radius 3 is 0.774 bits per heavy atom. The van der Waals surface area contributed by atoms with E-state index in [-0.39, 0.29) is 83.1 Å². The maximum absolute atomic E-state index is 12.0. The molecule has 14 heteroatoms. The topological polar surface area (TPSA) is 189 Å². The first-order valence-corrected chi connectivity index (χ1v) is 26.1. The zero-order chi connectivity index (χ0) is 44.6. The van der Waals surface area contributed by atoms with Crippen LogP contribution >= 0.6 is 0 Å². The van der Waals surface area contributed by atoms with Gasteiger partial charge in [-0.1, -0.05) is 254 Å². The molecule has 2 unspecified atom stereocenters. The number of hydrogen-bond donors (Lipinski definition) is 2. The molecule has 344 valence electrons. The predicted octanol–water partition coefficient (Wildman–Crippen LogP) is 4.79. The Morgan fingerprint density at radius 2 is 0.597 bits per heavy atom. The zero-order valence-electron chi connectivity index (χ0n) is 39.0. The molecule has 2 aromatic carbocycles. The molecule has 0 heterocycles. The van der Waals surface area contributed by atoms with Crippen molar-refractivity contribution in [3.05, 3.63) is 71.8 Å². The minimum atomic E-state index is -4.86. The van der Waals surface area contributed by atoms with Crippen LogP contribution in [0.3, 0.4) is 0 Å². The first-order chi connectivity index (χ1) is 28.7. The maximum atomic E-state index is 12.0. The third kappa shape index (κ3) is 24.1. The van der Waals surface area contributed by atoms with Crippen LogP contribution in [-0.4, -0.2) is 37.9 Å². The average Bonchev–Trinajstić information content (AvgIpc) is 3.20. The Hall–Kier alpha value is -0.800. The van der Waals surface area contributed by atoms with Crippen molar-refractivity contribution in [1.29, 1.82) is 0 Å². The molecule has 2 aromatic rings. The van der Waals surface area contributed by atoms with Gasteiger partial charge in [-0.2, -0.15) is 16.8 Å². The van der Waals surface area contributed by atoms with Gasteiger partial charge in [-0.25, -0.2) is 0 Å². The third-order valence-corrected chi connectivity index (χ3v) is 14.8. The summed E-state index contributed by atoms with van der Waals surface area (Å²) in [5, 5.41) is 23.6. The van der Waals surface area contributed by atoms with Gasteiger partial charge in [0.2, 0.25) is 0 Å². The molecule has 0 aliphatic heterocycles. The first kappa shape index (κ1) is 63.3. The Bertz CT molecular complexity index is 1510. The number of carboxylic acids is 2. The van der Waals surface area contributed by atoms with Crippen molar-refractivity contribution in [1.82, 2.24) is 0 Å². The average molecular weight is 925 g/mol. The summed E-state index contributed by atoms with van der Waals surface area (Å²) in [5.74, 6) is -3.54. The van der Waals surface area contributed by atoms with Crippen molar-refractivity contribution >= 4 is 32.2 Å². The second kappa shape index (κ2) is 37.3. The van der Waals surface area contributed by atoms with Gasteiger partial charge in [0.05, 0.1) is 11.9 Å². The minimum Gasteiger partial charge on any atom is -0.548 e. The van der Waals surface area contributed by atoms with E-state index in [4.69, 9.17) is 0 Å². The van der Waals surface area contributed by atoms with Crippen LogP contribution in [0.15, 0.2) is 60.7 Å². The van der Waals surface area contributed by atoms with Gasteiger partial charge >= 0.3 is 59.1 Å². The fraction of sp³-hybridized carbons (Fsp3) is 0.708. The normalized spacial score (nSPS) is 13.4. The molecule has 2 atom stereocenters. The van der Waals surface area contributed by atoms with Crippen LogP contribution in [0, 0.1) is 0 Å². The Kier molecular flexibility index (Phi) is 38.1. The van der Waals surface area contributed by atoms with Crippen molar-refractivity contribution in [2.24, 2.45) is 0 Å². The molecule has 0 saturated carbocycles. The van der Waals surface area contributed by atoms with Gasteiger partial charge in [-0.05, 0) is 24.0 Å². The van der Waals surface area contributed by atoms with Gasteiger partial charge in [0, 0.05) is 0 Å². The summed E-state index contributed by atoms with van der Waals surface area (Å²) in [6.07, 6.45) is 31.8. The van der Waals surface area contributed by atoms with Crippen molar-refractivity contribution < 1.29 is 105 Å². The number of carbonyl (C=O) groups is 2. The van der Waals surface area contributed by atoms with Crippen molar-refractivity contribution in [2.45, 2.75) is 216 Å². The molecule has 0 amide bonds. The number of rotatable bonds is 36. The van der Waals surface area contributed by atoms with Crippen LogP contribution in [0.25, 0.3) is 0 Å². The van der Waals surface area contributed by atoms with Gasteiger partial charge in [0.1, 0.15) is 0 Å². The van der Waals surface area contributed by atoms with Gasteiger partial charge in [-0.15, -0.1) is 0 Å². The largest absolute Gasteiger partial charge is 1.00 e. The molecular formula is C48H78Na2O10S2. The molecule has 0 bridgehead atoms. The van der Waals surface area contributed by atoms with Gasteiger partial charge in [0.15, 0.2) is 9.49 Å². The maximum Gasteiger partial charge on any atom is 1.00 e. The van der Waals surface area contributed by atoms with E-state index in [0.29, 0.717) is 12.8 Å². The summed E-state index contributed by atoms with van der Waals surface area (Å²) in [6.45, 7) is 4.47. The van der Waals surface area contributed by atoms with Crippen LogP contribution in [0.2, 0.25) is 0 Å². The number of unbranched alkanes of at least 4 members (excludes halogenated alkanes) is 26. The standard InChI is InChI=1S/2C24H40O5S.2Na/c2*1-2-3-4-5-6-7-8-9-10-11-12-13-14-18-21-24(23(25)26,30(27,28)29)22-19-16-15-17-20-22;;/h2*15-17,19-20H,2-14,18,21H2,1H3,(H,25,26)(H,27,28,29);;/q;;2*+1/p-2. The molecule has 0 aliphatic rings. The van der Waals surface area contributed by atoms with E-state index in [9.17, 15) is 45.7 Å². The van der Waals surface area contributed by atoms with Gasteiger partial charge in [-0.3, -0.25) is 9.11 Å². The Labute approximate surface area is 421 Å². The van der Waals surface area contributed by atoms with Crippen LogP contribution in [0.1, 0.15) is 218 Å². The molecule has 0 radical (unpaired) electrons. The summed E-state index contributed by atoms with van der Waals surface area (Å²) < 4.78 is 62.6. The fourth-order valence-corrected chi connectivity index (χ4v) is 10.1. The monoisotopic (exact) mass is 924 g/mol. The zero-order valence-corrected chi connectivity index (χ0v) is 44.6.